The summed E-state index contributed by atoms with van der Waals surface area (Å²) in [4.78, 5) is 2.52. The summed E-state index contributed by atoms with van der Waals surface area (Å²) in [6, 6.07) is 20.7. The molecule has 0 heterocycles. The SMILES string of the molecule is Cc1ccccc1N(c1cc2c(cc1C)C(C)(C)c1cc(C(C)C)ccc1-2)C(C)(C)C. The molecule has 0 spiro atoms. The minimum atomic E-state index is -0.0381. The van der Waals surface area contributed by atoms with E-state index in [0.717, 1.165) is 0 Å². The van der Waals surface area contributed by atoms with Crippen LogP contribution in [0.2, 0.25) is 0 Å². The van der Waals surface area contributed by atoms with Crippen LogP contribution in [0.5, 0.6) is 0 Å². The lowest BCUT2D eigenvalue weighted by atomic mass is 9.80. The second kappa shape index (κ2) is 7.26. The van der Waals surface area contributed by atoms with Crippen molar-refractivity contribution in [3.8, 4) is 11.1 Å². The first kappa shape index (κ1) is 21.7. The number of benzene rings is 3. The van der Waals surface area contributed by atoms with Crippen molar-refractivity contribution >= 4 is 11.4 Å². The normalized spacial score (nSPS) is 14.5. The van der Waals surface area contributed by atoms with Gasteiger partial charge >= 0.3 is 0 Å². The smallest absolute Gasteiger partial charge is 0.0451 e. The molecule has 0 aromatic heterocycles. The molecule has 31 heavy (non-hydrogen) atoms. The maximum atomic E-state index is 2.52. The summed E-state index contributed by atoms with van der Waals surface area (Å²) >= 11 is 0. The Hall–Kier alpha value is -2.54. The molecule has 1 aliphatic carbocycles. The number of hydrogen-bond donors (Lipinski definition) is 0. The first-order valence-electron chi connectivity index (χ1n) is 11.6. The number of para-hydroxylation sites is 1. The minimum absolute atomic E-state index is 0.0219. The van der Waals surface area contributed by atoms with Crippen LogP contribution in [0.15, 0.2) is 54.6 Å². The average Bonchev–Trinajstić information content (AvgIpc) is 2.89. The van der Waals surface area contributed by atoms with Gasteiger partial charge in [0.15, 0.2) is 0 Å². The van der Waals surface area contributed by atoms with Gasteiger partial charge in [0, 0.05) is 22.3 Å². The lowest BCUT2D eigenvalue weighted by Gasteiger charge is -2.40. The van der Waals surface area contributed by atoms with Crippen LogP contribution < -0.4 is 4.90 Å². The first-order valence-corrected chi connectivity index (χ1v) is 11.6. The molecule has 0 unspecified atom stereocenters. The van der Waals surface area contributed by atoms with E-state index < -0.39 is 0 Å². The van der Waals surface area contributed by atoms with E-state index in [1.807, 2.05) is 0 Å². The number of nitrogens with zero attached hydrogens (tertiary/aromatic N) is 1. The first-order chi connectivity index (χ1) is 14.4. The molecule has 1 aliphatic rings. The van der Waals surface area contributed by atoms with Gasteiger partial charge in [0.25, 0.3) is 0 Å². The van der Waals surface area contributed by atoms with E-state index >= 15 is 0 Å². The minimum Gasteiger partial charge on any atom is -0.336 e. The van der Waals surface area contributed by atoms with Gasteiger partial charge in [-0.1, -0.05) is 70.2 Å². The Morgan fingerprint density at radius 3 is 2.00 bits per heavy atom. The molecule has 1 nitrogen and oxygen atoms in total. The maximum absolute atomic E-state index is 2.52. The second-order valence-electron chi connectivity index (χ2n) is 11.1. The quantitative estimate of drug-likeness (QED) is 0.417. The van der Waals surface area contributed by atoms with Gasteiger partial charge in [-0.2, -0.15) is 0 Å². The van der Waals surface area contributed by atoms with Crippen LogP contribution in [0.3, 0.4) is 0 Å². The van der Waals surface area contributed by atoms with Gasteiger partial charge in [-0.25, -0.2) is 0 Å². The molecule has 0 saturated carbocycles. The highest BCUT2D eigenvalue weighted by molar-refractivity contribution is 5.86. The zero-order valence-electron chi connectivity index (χ0n) is 20.7. The third kappa shape index (κ3) is 3.49. The lowest BCUT2D eigenvalue weighted by molar-refractivity contribution is 0.558. The number of anilines is 2. The average molecular weight is 412 g/mol. The summed E-state index contributed by atoms with van der Waals surface area (Å²) in [6.45, 7) is 20.7. The Morgan fingerprint density at radius 1 is 0.742 bits per heavy atom. The van der Waals surface area contributed by atoms with E-state index in [1.54, 1.807) is 0 Å². The zero-order valence-corrected chi connectivity index (χ0v) is 20.7. The molecular weight excluding hydrogens is 374 g/mol. The van der Waals surface area contributed by atoms with Crippen LogP contribution in [0.1, 0.15) is 82.2 Å². The summed E-state index contributed by atoms with van der Waals surface area (Å²) in [7, 11) is 0. The molecule has 0 bridgehead atoms. The molecule has 1 heteroatoms. The van der Waals surface area contributed by atoms with Crippen molar-refractivity contribution in [2.45, 2.75) is 79.2 Å². The van der Waals surface area contributed by atoms with Crippen molar-refractivity contribution in [3.05, 3.63) is 82.4 Å². The molecule has 4 rings (SSSR count). The van der Waals surface area contributed by atoms with Gasteiger partial charge < -0.3 is 4.90 Å². The molecule has 0 N–H and O–H groups in total. The van der Waals surface area contributed by atoms with Crippen molar-refractivity contribution in [1.29, 1.82) is 0 Å². The van der Waals surface area contributed by atoms with Gasteiger partial charge in [0.1, 0.15) is 0 Å². The molecule has 0 saturated heterocycles. The number of aryl methyl sites for hydroxylation is 2. The van der Waals surface area contributed by atoms with Crippen molar-refractivity contribution in [1.82, 2.24) is 0 Å². The number of fused-ring (bicyclic) bond motifs is 3. The fraction of sp³-hybridized carbons (Fsp3) is 0.400. The summed E-state index contributed by atoms with van der Waals surface area (Å²) in [5.41, 5.74) is 12.3. The molecule has 0 radical (unpaired) electrons. The van der Waals surface area contributed by atoms with E-state index in [-0.39, 0.29) is 11.0 Å². The topological polar surface area (TPSA) is 3.24 Å². The summed E-state index contributed by atoms with van der Waals surface area (Å²) in [5, 5.41) is 0. The Balaban J connectivity index is 1.96. The van der Waals surface area contributed by atoms with Crippen molar-refractivity contribution in [3.63, 3.8) is 0 Å². The van der Waals surface area contributed by atoms with Crippen LogP contribution in [0, 0.1) is 13.8 Å². The second-order valence-corrected chi connectivity index (χ2v) is 11.1. The predicted octanol–water partition coefficient (Wildman–Crippen LogP) is 8.67. The molecule has 0 atom stereocenters. The molecule has 3 aromatic rings. The highest BCUT2D eigenvalue weighted by Crippen LogP contribution is 2.52. The van der Waals surface area contributed by atoms with Gasteiger partial charge in [-0.3, -0.25) is 0 Å². The van der Waals surface area contributed by atoms with Gasteiger partial charge in [0.2, 0.25) is 0 Å². The highest BCUT2D eigenvalue weighted by Gasteiger charge is 2.37. The van der Waals surface area contributed by atoms with E-state index in [0.29, 0.717) is 5.92 Å². The van der Waals surface area contributed by atoms with E-state index in [2.05, 4.69) is 122 Å². The fourth-order valence-electron chi connectivity index (χ4n) is 5.16. The zero-order chi connectivity index (χ0) is 22.7. The van der Waals surface area contributed by atoms with Crippen LogP contribution in [0.25, 0.3) is 11.1 Å². The Bertz CT molecular complexity index is 1140. The Morgan fingerprint density at radius 2 is 1.39 bits per heavy atom. The van der Waals surface area contributed by atoms with E-state index in [1.165, 1.54) is 50.3 Å². The van der Waals surface area contributed by atoms with Crippen LogP contribution in [-0.2, 0) is 5.41 Å². The van der Waals surface area contributed by atoms with E-state index in [9.17, 15) is 0 Å². The third-order valence-electron chi connectivity index (χ3n) is 6.95. The molecule has 3 aromatic carbocycles. The van der Waals surface area contributed by atoms with Crippen molar-refractivity contribution < 1.29 is 0 Å². The molecule has 162 valence electrons. The van der Waals surface area contributed by atoms with Crippen molar-refractivity contribution in [2.75, 3.05) is 4.90 Å². The summed E-state index contributed by atoms with van der Waals surface area (Å²) < 4.78 is 0. The van der Waals surface area contributed by atoms with Crippen molar-refractivity contribution in [2.24, 2.45) is 0 Å². The summed E-state index contributed by atoms with van der Waals surface area (Å²) in [5.74, 6) is 0.541. The summed E-state index contributed by atoms with van der Waals surface area (Å²) in [6.07, 6.45) is 0. The molecule has 0 aliphatic heterocycles. The number of rotatable bonds is 3. The van der Waals surface area contributed by atoms with Crippen LogP contribution >= 0.6 is 0 Å². The standard InChI is InChI=1S/C30H37N/c1-19(2)22-14-15-23-24-18-28(21(4)16-25(24)30(8,9)26(23)17-22)31(29(5,6)7)27-13-11-10-12-20(27)3/h10-19H,1-9H3. The molecule has 0 fully saturated rings. The van der Waals surface area contributed by atoms with Gasteiger partial charge in [0.05, 0.1) is 0 Å². The molecule has 0 amide bonds. The van der Waals surface area contributed by atoms with Gasteiger partial charge in [-0.15, -0.1) is 0 Å². The highest BCUT2D eigenvalue weighted by atomic mass is 15.2. The third-order valence-corrected chi connectivity index (χ3v) is 6.95. The van der Waals surface area contributed by atoms with Crippen LogP contribution in [0.4, 0.5) is 11.4 Å². The predicted molar refractivity (Wildman–Crippen MR) is 136 cm³/mol. The van der Waals surface area contributed by atoms with Gasteiger partial charge in [-0.05, 0) is 91.6 Å². The fourth-order valence-corrected chi connectivity index (χ4v) is 5.16. The Labute approximate surface area is 189 Å². The monoisotopic (exact) mass is 411 g/mol. The molecular formula is C30H37N. The Kier molecular flexibility index (Phi) is 5.08. The maximum Gasteiger partial charge on any atom is 0.0451 e. The largest absolute Gasteiger partial charge is 0.336 e. The lowest BCUT2D eigenvalue weighted by Crippen LogP contribution is -2.38. The van der Waals surface area contributed by atoms with E-state index in [4.69, 9.17) is 0 Å². The number of hydrogen-bond acceptors (Lipinski definition) is 1. The van der Waals surface area contributed by atoms with Crippen LogP contribution in [-0.4, -0.2) is 5.54 Å².